The van der Waals surface area contributed by atoms with Gasteiger partial charge in [0.25, 0.3) is 0 Å². The summed E-state index contributed by atoms with van der Waals surface area (Å²) in [6, 6.07) is 24.4. The minimum absolute atomic E-state index is 0.0294. The van der Waals surface area contributed by atoms with E-state index in [9.17, 15) is 0 Å². The summed E-state index contributed by atoms with van der Waals surface area (Å²) in [7, 11) is 1.67. The molecule has 2 aliphatic rings. The molecule has 4 heteroatoms. The van der Waals surface area contributed by atoms with Gasteiger partial charge in [0.1, 0.15) is 17.3 Å². The number of fused-ring (bicyclic) bond motifs is 1. The van der Waals surface area contributed by atoms with Gasteiger partial charge in [0, 0.05) is 34.2 Å². The van der Waals surface area contributed by atoms with Gasteiger partial charge in [-0.3, -0.25) is 4.99 Å². The van der Waals surface area contributed by atoms with Crippen molar-refractivity contribution in [1.29, 1.82) is 0 Å². The van der Waals surface area contributed by atoms with Gasteiger partial charge < -0.3 is 9.47 Å². The van der Waals surface area contributed by atoms with Crippen molar-refractivity contribution in [2.24, 2.45) is 10.4 Å². The highest BCUT2D eigenvalue weighted by Crippen LogP contribution is 2.51. The van der Waals surface area contributed by atoms with E-state index in [0.29, 0.717) is 5.02 Å². The lowest BCUT2D eigenvalue weighted by Crippen LogP contribution is -2.33. The zero-order chi connectivity index (χ0) is 22.3. The van der Waals surface area contributed by atoms with Gasteiger partial charge in [0.05, 0.1) is 12.8 Å². The fourth-order valence-electron chi connectivity index (χ4n) is 4.75. The highest BCUT2D eigenvalue weighted by atomic mass is 35.5. The molecule has 1 aliphatic carbocycles. The quantitative estimate of drug-likeness (QED) is 0.414. The molecule has 0 radical (unpaired) electrons. The topological polar surface area (TPSA) is 30.8 Å². The van der Waals surface area contributed by atoms with Crippen molar-refractivity contribution in [1.82, 2.24) is 0 Å². The molecule has 32 heavy (non-hydrogen) atoms. The Bertz CT molecular complexity index is 1210. The average molecular weight is 444 g/mol. The number of nitrogens with zero attached hydrogens (tertiary/aromatic N) is 1. The van der Waals surface area contributed by atoms with Crippen molar-refractivity contribution in [3.05, 3.63) is 100 Å². The summed E-state index contributed by atoms with van der Waals surface area (Å²) in [5.41, 5.74) is 5.50. The molecule has 3 nitrogen and oxygen atoms in total. The fourth-order valence-corrected chi connectivity index (χ4v) is 4.93. The first kappa shape index (κ1) is 20.8. The van der Waals surface area contributed by atoms with Crippen LogP contribution in [0.2, 0.25) is 5.02 Å². The first-order valence-electron chi connectivity index (χ1n) is 10.9. The Labute approximate surface area is 194 Å². The largest absolute Gasteiger partial charge is 0.497 e. The molecule has 0 amide bonds. The Kier molecular flexibility index (Phi) is 5.30. The van der Waals surface area contributed by atoms with Gasteiger partial charge in [0.2, 0.25) is 0 Å². The summed E-state index contributed by atoms with van der Waals surface area (Å²) in [5, 5.41) is 0.710. The first-order chi connectivity index (χ1) is 15.4. The van der Waals surface area contributed by atoms with E-state index in [-0.39, 0.29) is 11.3 Å². The number of allylic oxidation sites excluding steroid dienone is 2. The molecule has 0 unspecified atom stereocenters. The van der Waals surface area contributed by atoms with Crippen molar-refractivity contribution < 1.29 is 9.47 Å². The van der Waals surface area contributed by atoms with Crippen LogP contribution in [0.15, 0.2) is 89.1 Å². The first-order valence-corrected chi connectivity index (χ1v) is 11.3. The van der Waals surface area contributed by atoms with Crippen molar-refractivity contribution in [2.45, 2.75) is 32.6 Å². The number of benzene rings is 3. The van der Waals surface area contributed by atoms with Crippen LogP contribution in [0.25, 0.3) is 0 Å². The number of hydrogen-bond donors (Lipinski definition) is 0. The van der Waals surface area contributed by atoms with Gasteiger partial charge in [-0.05, 0) is 59.9 Å². The molecule has 3 aromatic carbocycles. The molecule has 1 aliphatic heterocycles. The molecule has 0 saturated heterocycles. The zero-order valence-electron chi connectivity index (χ0n) is 18.6. The van der Waals surface area contributed by atoms with Gasteiger partial charge in [0.15, 0.2) is 0 Å². The van der Waals surface area contributed by atoms with Crippen LogP contribution < -0.4 is 9.47 Å². The number of hydrogen-bond acceptors (Lipinski definition) is 3. The number of aliphatic imine (C=N–C) groups is 1. The lowest BCUT2D eigenvalue weighted by atomic mass is 9.69. The second kappa shape index (κ2) is 8.14. The second-order valence-corrected chi connectivity index (χ2v) is 9.68. The van der Waals surface area contributed by atoms with E-state index in [0.717, 1.165) is 47.1 Å². The predicted molar refractivity (Wildman–Crippen MR) is 130 cm³/mol. The van der Waals surface area contributed by atoms with Crippen molar-refractivity contribution in [3.8, 4) is 11.5 Å². The third-order valence-corrected chi connectivity index (χ3v) is 6.41. The zero-order valence-corrected chi connectivity index (χ0v) is 19.3. The van der Waals surface area contributed by atoms with E-state index in [1.807, 2.05) is 48.5 Å². The molecular formula is C28H26ClNO2. The SMILES string of the molecule is COc1ccc(N=C2CC(C)(C)CC3=C2[C@@H](c2ccccc2)c2cc(Cl)ccc2O3)cc1. The monoisotopic (exact) mass is 443 g/mol. The van der Waals surface area contributed by atoms with Gasteiger partial charge in [-0.25, -0.2) is 0 Å². The Morgan fingerprint density at radius 3 is 2.44 bits per heavy atom. The van der Waals surface area contributed by atoms with Gasteiger partial charge in [-0.2, -0.15) is 0 Å². The maximum absolute atomic E-state index is 6.50. The highest BCUT2D eigenvalue weighted by Gasteiger charge is 2.41. The minimum atomic E-state index is 0.0294. The lowest BCUT2D eigenvalue weighted by Gasteiger charge is -2.40. The summed E-state index contributed by atoms with van der Waals surface area (Å²) in [6.07, 6.45) is 1.75. The van der Waals surface area contributed by atoms with Crippen LogP contribution in [-0.2, 0) is 0 Å². The van der Waals surface area contributed by atoms with Crippen LogP contribution in [-0.4, -0.2) is 12.8 Å². The van der Waals surface area contributed by atoms with Crippen LogP contribution in [0.4, 0.5) is 5.69 Å². The third kappa shape index (κ3) is 3.93. The molecule has 0 bridgehead atoms. The predicted octanol–water partition coefficient (Wildman–Crippen LogP) is 7.72. The van der Waals surface area contributed by atoms with E-state index < -0.39 is 0 Å². The summed E-state index contributed by atoms with van der Waals surface area (Å²) in [6.45, 7) is 4.55. The summed E-state index contributed by atoms with van der Waals surface area (Å²) >= 11 is 6.43. The number of ether oxygens (including phenoxy) is 2. The summed E-state index contributed by atoms with van der Waals surface area (Å²) in [5.74, 6) is 2.74. The van der Waals surface area contributed by atoms with E-state index in [2.05, 4.69) is 38.1 Å². The Hall–Kier alpha value is -3.04. The molecule has 3 aromatic rings. The van der Waals surface area contributed by atoms with Crippen LogP contribution in [0.3, 0.4) is 0 Å². The Balaban J connectivity index is 1.71. The highest BCUT2D eigenvalue weighted by molar-refractivity contribution is 6.30. The van der Waals surface area contributed by atoms with E-state index in [4.69, 9.17) is 26.1 Å². The number of rotatable bonds is 3. The fraction of sp³-hybridized carbons (Fsp3) is 0.250. The maximum Gasteiger partial charge on any atom is 0.131 e. The Morgan fingerprint density at radius 1 is 0.969 bits per heavy atom. The van der Waals surface area contributed by atoms with Crippen LogP contribution in [0, 0.1) is 5.41 Å². The van der Waals surface area contributed by atoms with Crippen LogP contribution in [0.1, 0.15) is 43.7 Å². The minimum Gasteiger partial charge on any atom is -0.497 e. The second-order valence-electron chi connectivity index (χ2n) is 9.24. The van der Waals surface area contributed by atoms with E-state index in [1.54, 1.807) is 7.11 Å². The summed E-state index contributed by atoms with van der Waals surface area (Å²) in [4.78, 5) is 5.13. The molecule has 1 heterocycles. The molecule has 0 aromatic heterocycles. The maximum atomic E-state index is 6.50. The molecule has 5 rings (SSSR count). The number of halogens is 1. The van der Waals surface area contributed by atoms with E-state index in [1.165, 1.54) is 11.1 Å². The lowest BCUT2D eigenvalue weighted by molar-refractivity contribution is 0.279. The normalized spacial score (nSPS) is 20.4. The molecule has 1 atom stereocenters. The molecule has 0 saturated carbocycles. The molecule has 0 fully saturated rings. The summed E-state index contributed by atoms with van der Waals surface area (Å²) < 4.78 is 11.8. The van der Waals surface area contributed by atoms with E-state index >= 15 is 0 Å². The van der Waals surface area contributed by atoms with Crippen molar-refractivity contribution in [2.75, 3.05) is 7.11 Å². The van der Waals surface area contributed by atoms with Gasteiger partial charge in [-0.1, -0.05) is 55.8 Å². The average Bonchev–Trinajstić information content (AvgIpc) is 2.78. The van der Waals surface area contributed by atoms with Gasteiger partial charge >= 0.3 is 0 Å². The Morgan fingerprint density at radius 2 is 1.72 bits per heavy atom. The smallest absolute Gasteiger partial charge is 0.131 e. The molecule has 0 N–H and O–H groups in total. The molecular weight excluding hydrogens is 418 g/mol. The molecule has 0 spiro atoms. The van der Waals surface area contributed by atoms with Crippen LogP contribution in [0.5, 0.6) is 11.5 Å². The molecule has 162 valence electrons. The third-order valence-electron chi connectivity index (χ3n) is 6.17. The van der Waals surface area contributed by atoms with Crippen molar-refractivity contribution in [3.63, 3.8) is 0 Å². The van der Waals surface area contributed by atoms with Gasteiger partial charge in [-0.15, -0.1) is 0 Å². The van der Waals surface area contributed by atoms with Crippen molar-refractivity contribution >= 4 is 23.0 Å². The standard InChI is InChI=1S/C28H26ClNO2/c1-28(2)16-23(30-20-10-12-21(31-3)13-11-20)27-25(17-28)32-24-14-9-19(29)15-22(24)26(27)18-7-5-4-6-8-18/h4-15,26H,16-17H2,1-3H3/t26-/m0/s1. The van der Waals surface area contributed by atoms with Crippen LogP contribution >= 0.6 is 11.6 Å². The number of methoxy groups -OCH3 is 1.